The summed E-state index contributed by atoms with van der Waals surface area (Å²) in [5.41, 5.74) is 7.10. The highest BCUT2D eigenvalue weighted by atomic mass is 16.4. The average molecular weight is 581 g/mol. The van der Waals surface area contributed by atoms with Gasteiger partial charge in [-0.3, -0.25) is 19.1 Å². The molecule has 6 rings (SSSR count). The molecule has 0 spiro atoms. The molecule has 1 saturated heterocycles. The Bertz CT molecular complexity index is 1870. The number of nitrogens with one attached hydrogen (secondary N) is 1. The maximum absolute atomic E-state index is 12.5. The second-order valence-corrected chi connectivity index (χ2v) is 11.6. The van der Waals surface area contributed by atoms with Crippen LogP contribution in [0.1, 0.15) is 46.8 Å². The number of aromatic nitrogens is 4. The Morgan fingerprint density at radius 2 is 1.79 bits per heavy atom. The number of carbonyl (C=O) groups excluding carboxylic acids is 1. The molecule has 0 aliphatic carbocycles. The fraction of sp³-hybridized carbons (Fsp3) is 0.333. The van der Waals surface area contributed by atoms with Crippen LogP contribution in [0.25, 0.3) is 33.2 Å². The Balaban J connectivity index is 1.20. The van der Waals surface area contributed by atoms with E-state index in [4.69, 9.17) is 5.11 Å². The number of aliphatic carboxylic acids is 1. The Labute approximate surface area is 249 Å². The van der Waals surface area contributed by atoms with Gasteiger partial charge in [-0.25, -0.2) is 9.78 Å². The first-order chi connectivity index (χ1) is 20.7. The van der Waals surface area contributed by atoms with Crippen molar-refractivity contribution in [3.05, 3.63) is 88.1 Å². The fourth-order valence-electron chi connectivity index (χ4n) is 6.23. The number of aryl methyl sites for hydroxylation is 2. The van der Waals surface area contributed by atoms with Crippen LogP contribution in [0.5, 0.6) is 0 Å². The lowest BCUT2D eigenvalue weighted by Crippen LogP contribution is -2.33. The first kappa shape index (κ1) is 28.4. The summed E-state index contributed by atoms with van der Waals surface area (Å²) < 4.78 is 3.64. The lowest BCUT2D eigenvalue weighted by atomic mass is 9.89. The summed E-state index contributed by atoms with van der Waals surface area (Å²) in [6.45, 7) is 2.91. The third-order valence-electron chi connectivity index (χ3n) is 8.67. The Morgan fingerprint density at radius 1 is 1.05 bits per heavy atom. The van der Waals surface area contributed by atoms with E-state index in [1.54, 1.807) is 19.0 Å². The van der Waals surface area contributed by atoms with Crippen molar-refractivity contribution >= 4 is 33.9 Å². The molecule has 1 fully saturated rings. The van der Waals surface area contributed by atoms with Gasteiger partial charge < -0.3 is 19.6 Å². The number of carbonyl (C=O) groups is 2. The molecule has 0 saturated carbocycles. The van der Waals surface area contributed by atoms with Crippen LogP contribution in [0.4, 0.5) is 0 Å². The van der Waals surface area contributed by atoms with E-state index in [-0.39, 0.29) is 24.6 Å². The topological polar surface area (TPSA) is 116 Å². The third kappa shape index (κ3) is 5.58. The first-order valence-corrected chi connectivity index (χ1v) is 14.6. The summed E-state index contributed by atoms with van der Waals surface area (Å²) in [5, 5.41) is 10.2. The molecular formula is C33H36N6O4. The molecule has 1 amide bonds. The van der Waals surface area contributed by atoms with Gasteiger partial charge in [0.05, 0.1) is 17.5 Å². The number of nitrogens with zero attached hydrogens (tertiary/aromatic N) is 5. The second kappa shape index (κ2) is 11.5. The molecule has 3 aromatic heterocycles. The van der Waals surface area contributed by atoms with Crippen LogP contribution in [-0.2, 0) is 24.9 Å². The van der Waals surface area contributed by atoms with Crippen molar-refractivity contribution < 1.29 is 14.7 Å². The largest absolute Gasteiger partial charge is 0.481 e. The molecule has 10 heteroatoms. The van der Waals surface area contributed by atoms with E-state index in [0.717, 1.165) is 60.2 Å². The molecule has 2 aromatic carbocycles. The summed E-state index contributed by atoms with van der Waals surface area (Å²) in [7, 11) is 5.59. The van der Waals surface area contributed by atoms with Crippen LogP contribution >= 0.6 is 0 Å². The summed E-state index contributed by atoms with van der Waals surface area (Å²) in [5.74, 6) is -0.437. The number of fused-ring (bicyclic) bond motifs is 2. The number of carboxylic acid groups (broad SMARTS) is 1. The van der Waals surface area contributed by atoms with Gasteiger partial charge in [-0.15, -0.1) is 0 Å². The van der Waals surface area contributed by atoms with Gasteiger partial charge in [0.25, 0.3) is 5.91 Å². The van der Waals surface area contributed by atoms with Crippen molar-refractivity contribution in [2.45, 2.75) is 38.3 Å². The van der Waals surface area contributed by atoms with Crippen LogP contribution < -0.4 is 5.69 Å². The van der Waals surface area contributed by atoms with Gasteiger partial charge in [0.15, 0.2) is 0 Å². The summed E-state index contributed by atoms with van der Waals surface area (Å²) >= 11 is 0. The molecule has 5 aromatic rings. The average Bonchev–Trinajstić information content (AvgIpc) is 3.50. The zero-order valence-corrected chi connectivity index (χ0v) is 24.7. The van der Waals surface area contributed by atoms with Crippen LogP contribution in [0.3, 0.4) is 0 Å². The Morgan fingerprint density at radius 3 is 2.49 bits per heavy atom. The number of rotatable bonds is 8. The lowest BCUT2D eigenvalue weighted by Gasteiger charge is -2.32. The normalized spacial score (nSPS) is 14.5. The number of hydrogen-bond acceptors (Lipinski definition) is 5. The lowest BCUT2D eigenvalue weighted by molar-refractivity contribution is -0.137. The maximum atomic E-state index is 12.5. The number of benzene rings is 2. The van der Waals surface area contributed by atoms with Gasteiger partial charge in [0.2, 0.25) is 0 Å². The number of likely N-dealkylation sites (tertiary alicyclic amines) is 1. The molecule has 0 radical (unpaired) electrons. The number of hydrogen-bond donors (Lipinski definition) is 2. The van der Waals surface area contributed by atoms with E-state index in [1.807, 2.05) is 42.6 Å². The SMILES string of the molecule is CN(C)C(=O)c1ccc(C2CCN(Cc3cc4c(-c5ccc6[nH]c(=O)n(CCC(=O)O)c6c5)ccnc4n3C)CC2)cc1. The number of aromatic amines is 1. The first-order valence-electron chi connectivity index (χ1n) is 14.6. The van der Waals surface area contributed by atoms with E-state index in [0.29, 0.717) is 17.0 Å². The summed E-state index contributed by atoms with van der Waals surface area (Å²) in [6.07, 6.45) is 3.81. The van der Waals surface area contributed by atoms with Crippen molar-refractivity contribution in [2.24, 2.45) is 7.05 Å². The molecular weight excluding hydrogens is 544 g/mol. The number of H-pyrrole nitrogens is 1. The molecule has 10 nitrogen and oxygen atoms in total. The van der Waals surface area contributed by atoms with Gasteiger partial charge in [0, 0.05) is 57.1 Å². The van der Waals surface area contributed by atoms with Crippen molar-refractivity contribution in [3.8, 4) is 11.1 Å². The van der Waals surface area contributed by atoms with Crippen LogP contribution in [0.2, 0.25) is 0 Å². The minimum absolute atomic E-state index is 0.0231. The highest BCUT2D eigenvalue weighted by molar-refractivity contribution is 5.96. The number of piperidine rings is 1. The minimum Gasteiger partial charge on any atom is -0.481 e. The predicted molar refractivity (Wildman–Crippen MR) is 166 cm³/mol. The van der Waals surface area contributed by atoms with Crippen molar-refractivity contribution in [1.82, 2.24) is 28.9 Å². The zero-order chi connectivity index (χ0) is 30.2. The van der Waals surface area contributed by atoms with Crippen molar-refractivity contribution in [2.75, 3.05) is 27.2 Å². The van der Waals surface area contributed by atoms with Gasteiger partial charge in [0.1, 0.15) is 5.65 Å². The van der Waals surface area contributed by atoms with Gasteiger partial charge in [-0.2, -0.15) is 0 Å². The number of imidazole rings is 1. The van der Waals surface area contributed by atoms with E-state index in [9.17, 15) is 14.4 Å². The molecule has 222 valence electrons. The van der Waals surface area contributed by atoms with E-state index >= 15 is 0 Å². The molecule has 2 N–H and O–H groups in total. The zero-order valence-electron chi connectivity index (χ0n) is 24.7. The summed E-state index contributed by atoms with van der Waals surface area (Å²) in [4.78, 5) is 47.5. The molecule has 4 heterocycles. The van der Waals surface area contributed by atoms with Crippen LogP contribution in [0.15, 0.2) is 65.6 Å². The number of carboxylic acids is 1. The molecule has 0 bridgehead atoms. The van der Waals surface area contributed by atoms with Crippen molar-refractivity contribution in [3.63, 3.8) is 0 Å². The van der Waals surface area contributed by atoms with Gasteiger partial charge in [-0.1, -0.05) is 18.2 Å². The van der Waals surface area contributed by atoms with E-state index in [2.05, 4.69) is 44.7 Å². The van der Waals surface area contributed by atoms with Crippen molar-refractivity contribution in [1.29, 1.82) is 0 Å². The second-order valence-electron chi connectivity index (χ2n) is 11.6. The Hall–Kier alpha value is -4.70. The van der Waals surface area contributed by atoms with Gasteiger partial charge in [-0.05, 0) is 84.9 Å². The minimum atomic E-state index is -0.943. The highest BCUT2D eigenvalue weighted by Gasteiger charge is 2.23. The van der Waals surface area contributed by atoms with Gasteiger partial charge >= 0.3 is 11.7 Å². The smallest absolute Gasteiger partial charge is 0.326 e. The van der Waals surface area contributed by atoms with E-state index < -0.39 is 5.97 Å². The highest BCUT2D eigenvalue weighted by Crippen LogP contribution is 2.33. The fourth-order valence-corrected chi connectivity index (χ4v) is 6.23. The summed E-state index contributed by atoms with van der Waals surface area (Å²) in [6, 6.07) is 18.1. The predicted octanol–water partition coefficient (Wildman–Crippen LogP) is 4.44. The molecule has 43 heavy (non-hydrogen) atoms. The Kier molecular flexibility index (Phi) is 7.62. The monoisotopic (exact) mass is 580 g/mol. The van der Waals surface area contributed by atoms with Crippen LogP contribution in [0, 0.1) is 0 Å². The van der Waals surface area contributed by atoms with E-state index in [1.165, 1.54) is 15.8 Å². The molecule has 0 atom stereocenters. The third-order valence-corrected chi connectivity index (χ3v) is 8.67. The number of amides is 1. The standard InChI is InChI=1S/C33H36N6O4/c1-36(2)32(42)23-6-4-21(5-7-23)22-11-15-38(16-12-22)20-25-19-27-26(10-14-34-31(27)37(25)3)24-8-9-28-29(18-24)39(33(43)35-28)17-13-30(40)41/h4-10,14,18-19,22H,11-13,15-17,20H2,1-3H3,(H,35,43)(H,40,41). The van der Waals surface area contributed by atoms with Crippen LogP contribution in [-0.4, -0.2) is 73.1 Å². The molecule has 1 aliphatic rings. The maximum Gasteiger partial charge on any atom is 0.326 e. The molecule has 1 aliphatic heterocycles. The number of pyridine rings is 1. The quantitative estimate of drug-likeness (QED) is 0.280. The molecule has 0 unspecified atom stereocenters.